The van der Waals surface area contributed by atoms with Crippen LogP contribution in [-0.4, -0.2) is 30.1 Å². The molecule has 1 amide bonds. The highest BCUT2D eigenvalue weighted by molar-refractivity contribution is 5.99. The van der Waals surface area contributed by atoms with Crippen molar-refractivity contribution in [3.63, 3.8) is 0 Å². The van der Waals surface area contributed by atoms with Gasteiger partial charge in [-0.25, -0.2) is 4.98 Å². The topological polar surface area (TPSA) is 71.2 Å². The van der Waals surface area contributed by atoms with Gasteiger partial charge in [0.2, 0.25) is 0 Å². The van der Waals surface area contributed by atoms with Gasteiger partial charge in [-0.3, -0.25) is 4.79 Å². The number of piperidine rings is 1. The molecule has 5 heteroatoms. The molecule has 0 radical (unpaired) electrons. The van der Waals surface area contributed by atoms with Gasteiger partial charge < -0.3 is 16.0 Å². The Hall–Kier alpha value is -1.62. The zero-order chi connectivity index (χ0) is 13.8. The normalized spacial score (nSPS) is 17.1. The summed E-state index contributed by atoms with van der Waals surface area (Å²) in [5, 5.41) is 2.74. The first kappa shape index (κ1) is 13.8. The smallest absolute Gasteiger partial charge is 0.256 e. The van der Waals surface area contributed by atoms with Crippen LogP contribution >= 0.6 is 0 Å². The van der Waals surface area contributed by atoms with E-state index in [2.05, 4.69) is 15.2 Å². The van der Waals surface area contributed by atoms with Gasteiger partial charge in [0.25, 0.3) is 5.91 Å². The molecule has 1 aromatic rings. The van der Waals surface area contributed by atoms with Crippen LogP contribution in [0.2, 0.25) is 0 Å². The predicted octanol–water partition coefficient (Wildman–Crippen LogP) is 1.41. The average Bonchev–Trinajstić information content (AvgIpc) is 2.39. The van der Waals surface area contributed by atoms with Crippen LogP contribution in [0.1, 0.15) is 42.1 Å². The number of rotatable bonds is 3. The van der Waals surface area contributed by atoms with Crippen molar-refractivity contribution in [1.29, 1.82) is 0 Å². The lowest BCUT2D eigenvalue weighted by Crippen LogP contribution is -2.40. The molecule has 104 valence electrons. The number of pyridine rings is 1. The molecular weight excluding hydrogens is 240 g/mol. The van der Waals surface area contributed by atoms with Crippen molar-refractivity contribution in [3.8, 4) is 0 Å². The number of anilines is 1. The number of nitrogens with zero attached hydrogens (tertiary/aromatic N) is 2. The van der Waals surface area contributed by atoms with Gasteiger partial charge in [-0.05, 0) is 44.7 Å². The van der Waals surface area contributed by atoms with E-state index in [0.29, 0.717) is 5.56 Å². The summed E-state index contributed by atoms with van der Waals surface area (Å²) < 4.78 is 0. The standard InChI is InChI=1S/C14H22N4O/c1-10-8-12(14(19)17-11(2)15)13(16-9-10)18-6-4-3-5-7-18/h8-9,11H,3-7,15H2,1-2H3,(H,17,19). The highest BCUT2D eigenvalue weighted by Crippen LogP contribution is 2.22. The summed E-state index contributed by atoms with van der Waals surface area (Å²) in [4.78, 5) is 18.9. The van der Waals surface area contributed by atoms with Crippen LogP contribution in [0.5, 0.6) is 0 Å². The fraction of sp³-hybridized carbons (Fsp3) is 0.571. The van der Waals surface area contributed by atoms with Crippen molar-refractivity contribution >= 4 is 11.7 Å². The largest absolute Gasteiger partial charge is 0.356 e. The van der Waals surface area contributed by atoms with Crippen molar-refractivity contribution < 1.29 is 4.79 Å². The van der Waals surface area contributed by atoms with E-state index in [9.17, 15) is 4.79 Å². The molecule has 1 fully saturated rings. The molecule has 0 aliphatic carbocycles. The molecule has 5 nitrogen and oxygen atoms in total. The minimum atomic E-state index is -0.359. The van der Waals surface area contributed by atoms with Crippen LogP contribution in [-0.2, 0) is 0 Å². The molecule has 2 heterocycles. The van der Waals surface area contributed by atoms with E-state index in [-0.39, 0.29) is 12.1 Å². The zero-order valence-corrected chi connectivity index (χ0v) is 11.6. The zero-order valence-electron chi connectivity index (χ0n) is 11.6. The second kappa shape index (κ2) is 6.02. The van der Waals surface area contributed by atoms with Crippen molar-refractivity contribution in [3.05, 3.63) is 23.4 Å². The first-order chi connectivity index (χ1) is 9.08. The number of nitrogens with two attached hydrogens (primary N) is 1. The van der Waals surface area contributed by atoms with Crippen LogP contribution < -0.4 is 16.0 Å². The van der Waals surface area contributed by atoms with Crippen LogP contribution in [0.25, 0.3) is 0 Å². The lowest BCUT2D eigenvalue weighted by atomic mass is 10.1. The predicted molar refractivity (Wildman–Crippen MR) is 76.2 cm³/mol. The number of aryl methyl sites for hydroxylation is 1. The molecule has 2 rings (SSSR count). The van der Waals surface area contributed by atoms with E-state index in [1.807, 2.05) is 19.2 Å². The van der Waals surface area contributed by atoms with E-state index in [1.165, 1.54) is 6.42 Å². The SMILES string of the molecule is Cc1cnc(N2CCCCC2)c(C(=O)NC(C)N)c1. The summed E-state index contributed by atoms with van der Waals surface area (Å²) in [5.74, 6) is 0.634. The molecular formula is C14H22N4O. The lowest BCUT2D eigenvalue weighted by Gasteiger charge is -2.29. The Morgan fingerprint density at radius 2 is 2.11 bits per heavy atom. The Kier molecular flexibility index (Phi) is 4.37. The van der Waals surface area contributed by atoms with Gasteiger partial charge in [0, 0.05) is 19.3 Å². The summed E-state index contributed by atoms with van der Waals surface area (Å²) in [6, 6.07) is 1.88. The maximum Gasteiger partial charge on any atom is 0.256 e. The van der Waals surface area contributed by atoms with E-state index >= 15 is 0 Å². The van der Waals surface area contributed by atoms with E-state index in [4.69, 9.17) is 5.73 Å². The summed E-state index contributed by atoms with van der Waals surface area (Å²) in [5.41, 5.74) is 7.24. The van der Waals surface area contributed by atoms with E-state index in [1.54, 1.807) is 6.92 Å². The highest BCUT2D eigenvalue weighted by Gasteiger charge is 2.20. The first-order valence-corrected chi connectivity index (χ1v) is 6.86. The van der Waals surface area contributed by atoms with Crippen molar-refractivity contribution in [2.45, 2.75) is 39.3 Å². The van der Waals surface area contributed by atoms with Gasteiger partial charge in [0.05, 0.1) is 11.7 Å². The third-order valence-corrected chi connectivity index (χ3v) is 3.26. The number of amides is 1. The quantitative estimate of drug-likeness (QED) is 0.808. The van der Waals surface area contributed by atoms with Crippen molar-refractivity contribution in [2.75, 3.05) is 18.0 Å². The lowest BCUT2D eigenvalue weighted by molar-refractivity contribution is 0.0941. The molecule has 0 bridgehead atoms. The minimum absolute atomic E-state index is 0.147. The van der Waals surface area contributed by atoms with E-state index < -0.39 is 0 Å². The van der Waals surface area contributed by atoms with Gasteiger partial charge in [-0.15, -0.1) is 0 Å². The molecule has 19 heavy (non-hydrogen) atoms. The fourth-order valence-corrected chi connectivity index (χ4v) is 2.37. The number of aromatic nitrogens is 1. The number of carbonyl (C=O) groups is 1. The molecule has 1 atom stereocenters. The fourth-order valence-electron chi connectivity index (χ4n) is 2.37. The highest BCUT2D eigenvalue weighted by atomic mass is 16.1. The third kappa shape index (κ3) is 3.44. The van der Waals surface area contributed by atoms with Crippen LogP contribution in [0.15, 0.2) is 12.3 Å². The van der Waals surface area contributed by atoms with Gasteiger partial charge >= 0.3 is 0 Å². The maximum absolute atomic E-state index is 12.2. The molecule has 1 aliphatic rings. The molecule has 1 saturated heterocycles. The number of hydrogen-bond acceptors (Lipinski definition) is 4. The Morgan fingerprint density at radius 1 is 1.42 bits per heavy atom. The van der Waals surface area contributed by atoms with E-state index in [0.717, 1.165) is 37.3 Å². The summed E-state index contributed by atoms with van der Waals surface area (Å²) >= 11 is 0. The Morgan fingerprint density at radius 3 is 2.74 bits per heavy atom. The summed E-state index contributed by atoms with van der Waals surface area (Å²) in [6.45, 7) is 5.63. The van der Waals surface area contributed by atoms with Crippen molar-refractivity contribution in [2.24, 2.45) is 5.73 Å². The molecule has 0 spiro atoms. The Bertz CT molecular complexity index is 453. The second-order valence-electron chi connectivity index (χ2n) is 5.19. The molecule has 3 N–H and O–H groups in total. The first-order valence-electron chi connectivity index (χ1n) is 6.86. The maximum atomic E-state index is 12.2. The molecule has 1 aromatic heterocycles. The van der Waals surface area contributed by atoms with Gasteiger partial charge in [0.1, 0.15) is 5.82 Å². The van der Waals surface area contributed by atoms with Crippen LogP contribution in [0.4, 0.5) is 5.82 Å². The molecule has 0 saturated carbocycles. The monoisotopic (exact) mass is 262 g/mol. The Labute approximate surface area is 114 Å². The average molecular weight is 262 g/mol. The van der Waals surface area contributed by atoms with Gasteiger partial charge in [0.15, 0.2) is 0 Å². The van der Waals surface area contributed by atoms with Gasteiger partial charge in [-0.2, -0.15) is 0 Å². The second-order valence-corrected chi connectivity index (χ2v) is 5.19. The van der Waals surface area contributed by atoms with Gasteiger partial charge in [-0.1, -0.05) is 0 Å². The molecule has 1 aliphatic heterocycles. The Balaban J connectivity index is 2.29. The van der Waals surface area contributed by atoms with Crippen LogP contribution in [0.3, 0.4) is 0 Å². The van der Waals surface area contributed by atoms with Crippen molar-refractivity contribution in [1.82, 2.24) is 10.3 Å². The minimum Gasteiger partial charge on any atom is -0.356 e. The van der Waals surface area contributed by atoms with Crippen LogP contribution in [0, 0.1) is 6.92 Å². The number of nitrogens with one attached hydrogen (secondary N) is 1. The number of carbonyl (C=O) groups excluding carboxylic acids is 1. The third-order valence-electron chi connectivity index (χ3n) is 3.26. The number of hydrogen-bond donors (Lipinski definition) is 2. The molecule has 0 aromatic carbocycles. The molecule has 1 unspecified atom stereocenters. The summed E-state index contributed by atoms with van der Waals surface area (Å²) in [6.07, 6.45) is 5.02. The summed E-state index contributed by atoms with van der Waals surface area (Å²) in [7, 11) is 0.